The first-order valence-electron chi connectivity index (χ1n) is 11.8. The van der Waals surface area contributed by atoms with Crippen molar-refractivity contribution < 1.29 is 19.5 Å². The number of rotatable bonds is 7. The Morgan fingerprint density at radius 2 is 1.89 bits per heavy atom. The van der Waals surface area contributed by atoms with E-state index in [0.717, 1.165) is 11.4 Å². The van der Waals surface area contributed by atoms with Crippen LogP contribution >= 0.6 is 0 Å². The normalized spacial score (nSPS) is 18.0. The fourth-order valence-electron chi connectivity index (χ4n) is 4.19. The molecule has 4 aromatic heterocycles. The van der Waals surface area contributed by atoms with Crippen LogP contribution in [0.3, 0.4) is 0 Å². The van der Waals surface area contributed by atoms with E-state index in [9.17, 15) is 15.0 Å². The van der Waals surface area contributed by atoms with Gasteiger partial charge in [-0.05, 0) is 39.0 Å². The van der Waals surface area contributed by atoms with Gasteiger partial charge in [0.15, 0.2) is 5.76 Å². The molecule has 1 aliphatic heterocycles. The van der Waals surface area contributed by atoms with E-state index in [1.54, 1.807) is 56.2 Å². The van der Waals surface area contributed by atoms with Gasteiger partial charge >= 0.3 is 0 Å². The Morgan fingerprint density at radius 3 is 2.59 bits per heavy atom. The highest BCUT2D eigenvalue weighted by Crippen LogP contribution is 2.34. The Kier molecular flexibility index (Phi) is 6.00. The first-order valence-corrected chi connectivity index (χ1v) is 11.8. The third-order valence-corrected chi connectivity index (χ3v) is 6.10. The summed E-state index contributed by atoms with van der Waals surface area (Å²) in [6, 6.07) is 8.68. The van der Waals surface area contributed by atoms with E-state index < -0.39 is 17.1 Å². The van der Waals surface area contributed by atoms with Crippen molar-refractivity contribution in [3.05, 3.63) is 54.2 Å². The van der Waals surface area contributed by atoms with Crippen LogP contribution in [-0.2, 0) is 16.9 Å². The van der Waals surface area contributed by atoms with Crippen molar-refractivity contribution in [1.82, 2.24) is 34.8 Å². The summed E-state index contributed by atoms with van der Waals surface area (Å²) in [6.45, 7) is 6.08. The molecule has 3 N–H and O–H groups in total. The number of likely N-dealkylation sites (N-methyl/N-ethyl adjacent to an activating group) is 1. The minimum absolute atomic E-state index is 0.0954. The summed E-state index contributed by atoms with van der Waals surface area (Å²) in [5.74, 6) is 0.0438. The molecule has 5 heterocycles. The molecule has 4 aromatic rings. The van der Waals surface area contributed by atoms with Crippen LogP contribution in [0.4, 0.5) is 11.6 Å². The average molecular weight is 505 g/mol. The van der Waals surface area contributed by atoms with Crippen LogP contribution in [0.1, 0.15) is 31.7 Å². The number of aromatic nitrogens is 6. The van der Waals surface area contributed by atoms with Crippen LogP contribution < -0.4 is 5.32 Å². The zero-order chi connectivity index (χ0) is 26.4. The van der Waals surface area contributed by atoms with E-state index in [4.69, 9.17) is 4.52 Å². The maximum Gasteiger partial charge on any atom is 0.262 e. The highest BCUT2D eigenvalue weighted by molar-refractivity contribution is 5.87. The summed E-state index contributed by atoms with van der Waals surface area (Å²) in [4.78, 5) is 27.4. The van der Waals surface area contributed by atoms with Gasteiger partial charge in [-0.1, -0.05) is 11.2 Å². The molecule has 0 radical (unpaired) electrons. The zero-order valence-corrected chi connectivity index (χ0v) is 21.0. The fourth-order valence-corrected chi connectivity index (χ4v) is 4.19. The quantitative estimate of drug-likeness (QED) is 0.341. The summed E-state index contributed by atoms with van der Waals surface area (Å²) >= 11 is 0. The fraction of sp³-hybridized carbons (Fsp3) is 0.360. The molecule has 5 rings (SSSR count). The number of hydrogen-bond donors (Lipinski definition) is 3. The minimum atomic E-state index is -1.72. The van der Waals surface area contributed by atoms with Crippen molar-refractivity contribution in [3.8, 4) is 22.8 Å². The SMILES string of the molecule is Cc1nn(CC(C)(C)O)cc1Nc1nccc(-c2cccc(-c3cc([C@]4(O)CCN(C)C4=O)on3)n2)n1. The molecule has 0 bridgehead atoms. The molecular formula is C25H28N8O4. The predicted octanol–water partition coefficient (Wildman–Crippen LogP) is 2.26. The number of pyridine rings is 1. The van der Waals surface area contributed by atoms with Gasteiger partial charge in [0, 0.05) is 38.5 Å². The molecule has 1 aliphatic rings. The lowest BCUT2D eigenvalue weighted by atomic mass is 9.98. The van der Waals surface area contributed by atoms with Gasteiger partial charge in [-0.25, -0.2) is 15.0 Å². The molecule has 37 heavy (non-hydrogen) atoms. The first kappa shape index (κ1) is 24.5. The Morgan fingerprint density at radius 1 is 1.16 bits per heavy atom. The van der Waals surface area contributed by atoms with E-state index in [-0.39, 0.29) is 12.2 Å². The zero-order valence-electron chi connectivity index (χ0n) is 21.0. The summed E-state index contributed by atoms with van der Waals surface area (Å²) in [5.41, 5.74) is 0.921. The number of aliphatic hydroxyl groups is 2. The largest absolute Gasteiger partial charge is 0.389 e. The van der Waals surface area contributed by atoms with E-state index >= 15 is 0 Å². The number of carbonyl (C=O) groups is 1. The highest BCUT2D eigenvalue weighted by Gasteiger charge is 2.48. The van der Waals surface area contributed by atoms with Gasteiger partial charge in [0.1, 0.15) is 5.69 Å². The van der Waals surface area contributed by atoms with Crippen LogP contribution in [-0.4, -0.2) is 70.1 Å². The summed E-state index contributed by atoms with van der Waals surface area (Å²) in [7, 11) is 1.64. The second kappa shape index (κ2) is 9.05. The number of anilines is 2. The monoisotopic (exact) mass is 504 g/mol. The number of carbonyl (C=O) groups excluding carboxylic acids is 1. The van der Waals surface area contributed by atoms with Crippen molar-refractivity contribution in [1.29, 1.82) is 0 Å². The molecule has 0 spiro atoms. The third kappa shape index (κ3) is 4.93. The molecule has 1 amide bonds. The van der Waals surface area contributed by atoms with Crippen molar-refractivity contribution in [2.45, 2.75) is 44.9 Å². The summed E-state index contributed by atoms with van der Waals surface area (Å²) < 4.78 is 7.03. The molecule has 0 aliphatic carbocycles. The molecule has 192 valence electrons. The van der Waals surface area contributed by atoms with E-state index in [1.807, 2.05) is 19.1 Å². The van der Waals surface area contributed by atoms with Crippen LogP contribution in [0.5, 0.6) is 0 Å². The number of aryl methyl sites for hydroxylation is 1. The molecule has 1 fully saturated rings. The van der Waals surface area contributed by atoms with Gasteiger partial charge < -0.3 is 25.0 Å². The lowest BCUT2D eigenvalue weighted by Gasteiger charge is -2.16. The highest BCUT2D eigenvalue weighted by atomic mass is 16.5. The Labute approximate surface area is 213 Å². The van der Waals surface area contributed by atoms with Crippen LogP contribution in [0.25, 0.3) is 22.8 Å². The number of nitrogens with zero attached hydrogens (tertiary/aromatic N) is 7. The Balaban J connectivity index is 1.38. The number of likely N-dealkylation sites (tertiary alicyclic amines) is 1. The van der Waals surface area contributed by atoms with E-state index in [0.29, 0.717) is 41.8 Å². The van der Waals surface area contributed by atoms with Gasteiger partial charge in [0.25, 0.3) is 5.91 Å². The van der Waals surface area contributed by atoms with Gasteiger partial charge in [0.05, 0.1) is 40.6 Å². The maximum atomic E-state index is 12.4. The predicted molar refractivity (Wildman–Crippen MR) is 133 cm³/mol. The molecule has 0 saturated carbocycles. The Bertz CT molecular complexity index is 1460. The van der Waals surface area contributed by atoms with Crippen LogP contribution in [0, 0.1) is 6.92 Å². The first-order chi connectivity index (χ1) is 17.5. The molecular weight excluding hydrogens is 476 g/mol. The Hall–Kier alpha value is -4.16. The smallest absolute Gasteiger partial charge is 0.262 e. The standard InChI is InChI=1S/C25H28N8O4/c1-15-20(13-33(30-15)14-24(2,3)35)29-23-26-10-8-18(28-23)16-6-5-7-17(27-16)19-12-21(37-31-19)25(36)9-11-32(4)22(25)34/h5-8,10,12-13,35-36H,9,11,14H2,1-4H3,(H,26,28,29)/t25-/m1/s1. The van der Waals surface area contributed by atoms with Crippen molar-refractivity contribution in [2.75, 3.05) is 18.9 Å². The molecule has 12 heteroatoms. The topological polar surface area (TPSA) is 155 Å². The lowest BCUT2D eigenvalue weighted by molar-refractivity contribution is -0.144. The van der Waals surface area contributed by atoms with E-state index in [1.165, 1.54) is 4.90 Å². The second-order valence-electron chi connectivity index (χ2n) is 9.85. The van der Waals surface area contributed by atoms with E-state index in [2.05, 4.69) is 30.5 Å². The van der Waals surface area contributed by atoms with Gasteiger partial charge in [-0.15, -0.1) is 0 Å². The van der Waals surface area contributed by atoms with Gasteiger partial charge in [0.2, 0.25) is 11.5 Å². The van der Waals surface area contributed by atoms with Crippen molar-refractivity contribution >= 4 is 17.5 Å². The molecule has 1 atom stereocenters. The lowest BCUT2D eigenvalue weighted by Crippen LogP contribution is -2.35. The molecule has 0 aromatic carbocycles. The number of amides is 1. The summed E-state index contributed by atoms with van der Waals surface area (Å²) in [6.07, 6.45) is 3.66. The average Bonchev–Trinajstić information content (AvgIpc) is 3.54. The molecule has 12 nitrogen and oxygen atoms in total. The van der Waals surface area contributed by atoms with Crippen molar-refractivity contribution in [2.24, 2.45) is 0 Å². The van der Waals surface area contributed by atoms with Gasteiger partial charge in [-0.2, -0.15) is 5.10 Å². The van der Waals surface area contributed by atoms with Crippen LogP contribution in [0.15, 0.2) is 47.2 Å². The molecule has 1 saturated heterocycles. The minimum Gasteiger partial charge on any atom is -0.389 e. The van der Waals surface area contributed by atoms with Gasteiger partial charge in [-0.3, -0.25) is 9.48 Å². The summed E-state index contributed by atoms with van der Waals surface area (Å²) in [5, 5.41) is 32.5. The van der Waals surface area contributed by atoms with Crippen LogP contribution in [0.2, 0.25) is 0 Å². The third-order valence-electron chi connectivity index (χ3n) is 6.10. The second-order valence-corrected chi connectivity index (χ2v) is 9.85. The maximum absolute atomic E-state index is 12.4. The van der Waals surface area contributed by atoms with Crippen molar-refractivity contribution in [3.63, 3.8) is 0 Å². The molecule has 0 unspecified atom stereocenters. The number of hydrogen-bond acceptors (Lipinski definition) is 10. The number of nitrogens with one attached hydrogen (secondary N) is 1.